The highest BCUT2D eigenvalue weighted by atomic mass is 16.5. The minimum atomic E-state index is -0.427. The van der Waals surface area contributed by atoms with Gasteiger partial charge in [0.05, 0.1) is 18.3 Å². The minimum absolute atomic E-state index is 0.0263. The van der Waals surface area contributed by atoms with Gasteiger partial charge in [-0.05, 0) is 98.9 Å². The van der Waals surface area contributed by atoms with Crippen LogP contribution in [0.4, 0.5) is 11.4 Å². The molecule has 0 amide bonds. The Kier molecular flexibility index (Phi) is 14.2. The van der Waals surface area contributed by atoms with Crippen LogP contribution in [-0.2, 0) is 19.0 Å². The molecule has 2 aromatic rings. The zero-order valence-electron chi connectivity index (χ0n) is 25.1. The summed E-state index contributed by atoms with van der Waals surface area (Å²) in [5.41, 5.74) is 15.4. The van der Waals surface area contributed by atoms with Crippen LogP contribution in [0.1, 0.15) is 105 Å². The molecule has 1 atom stereocenters. The van der Waals surface area contributed by atoms with Crippen LogP contribution in [0.5, 0.6) is 0 Å². The molecule has 0 spiro atoms. The molecule has 1 aliphatic rings. The summed E-state index contributed by atoms with van der Waals surface area (Å²) in [5.74, 6) is -0.723. The summed E-state index contributed by atoms with van der Waals surface area (Å²) in [6, 6.07) is 12.5. The molecule has 0 aromatic heterocycles. The van der Waals surface area contributed by atoms with Gasteiger partial charge in [0.15, 0.2) is 0 Å². The number of nitrogens with two attached hydrogens (primary N) is 2. The van der Waals surface area contributed by atoms with Gasteiger partial charge in [0.1, 0.15) is 6.10 Å². The van der Waals surface area contributed by atoms with Gasteiger partial charge < -0.3 is 25.7 Å². The Balaban J connectivity index is 1.40. The molecule has 4 N–H and O–H groups in total. The van der Waals surface area contributed by atoms with E-state index < -0.39 is 5.97 Å². The first kappa shape index (κ1) is 32.9. The number of carbonyl (C=O) groups excluding carboxylic acids is 2. The van der Waals surface area contributed by atoms with E-state index in [1.807, 2.05) is 18.2 Å². The Bertz CT molecular complexity index is 1130. The normalized spacial score (nSPS) is 17.5. The van der Waals surface area contributed by atoms with Crippen molar-refractivity contribution >= 4 is 29.4 Å². The molecular weight excluding hydrogens is 528 g/mol. The second-order valence-electron chi connectivity index (χ2n) is 11.2. The van der Waals surface area contributed by atoms with Crippen molar-refractivity contribution in [3.05, 3.63) is 77.9 Å². The van der Waals surface area contributed by atoms with Crippen molar-refractivity contribution in [1.82, 2.24) is 0 Å². The first-order valence-corrected chi connectivity index (χ1v) is 15.4. The zero-order chi connectivity index (χ0) is 30.2. The lowest BCUT2D eigenvalue weighted by Crippen LogP contribution is -2.28. The fraction of sp³-hybridized carbons (Fsp3) is 0.486. The lowest BCUT2D eigenvalue weighted by molar-refractivity contribution is -0.138. The van der Waals surface area contributed by atoms with Gasteiger partial charge in [0.2, 0.25) is 0 Å². The van der Waals surface area contributed by atoms with E-state index in [9.17, 15) is 9.59 Å². The largest absolute Gasteiger partial charge is 0.462 e. The first-order valence-electron chi connectivity index (χ1n) is 15.4. The maximum atomic E-state index is 12.7. The number of benzene rings is 2. The molecule has 2 aromatic carbocycles. The van der Waals surface area contributed by atoms with E-state index in [0.717, 1.165) is 75.5 Å². The fourth-order valence-electron chi connectivity index (χ4n) is 5.21. The summed E-state index contributed by atoms with van der Waals surface area (Å²) < 4.78 is 17.3. The zero-order valence-corrected chi connectivity index (χ0v) is 25.1. The smallest absolute Gasteiger partial charge is 0.338 e. The van der Waals surface area contributed by atoms with Gasteiger partial charge in [-0.1, -0.05) is 44.4 Å². The van der Waals surface area contributed by atoms with Crippen molar-refractivity contribution in [3.63, 3.8) is 0 Å². The predicted molar refractivity (Wildman–Crippen MR) is 170 cm³/mol. The van der Waals surface area contributed by atoms with Crippen molar-refractivity contribution < 1.29 is 23.8 Å². The van der Waals surface area contributed by atoms with Crippen LogP contribution in [0.15, 0.2) is 61.2 Å². The van der Waals surface area contributed by atoms with E-state index in [2.05, 4.69) is 13.5 Å². The Morgan fingerprint density at radius 1 is 0.952 bits per heavy atom. The molecule has 228 valence electrons. The third-order valence-corrected chi connectivity index (χ3v) is 7.66. The van der Waals surface area contributed by atoms with Crippen LogP contribution in [0.2, 0.25) is 0 Å². The SMILES string of the molecule is C=CCCCCCOC1CCC(OC(=O)c2ccc(/C=C/C(=O)OCC(CCCC)c3cc(N)cc(N)c3)cc2)CC1. The average molecular weight is 577 g/mol. The lowest BCUT2D eigenvalue weighted by atomic mass is 9.93. The van der Waals surface area contributed by atoms with E-state index >= 15 is 0 Å². The second kappa shape index (κ2) is 18.1. The van der Waals surface area contributed by atoms with E-state index in [1.54, 1.807) is 36.4 Å². The second-order valence-corrected chi connectivity index (χ2v) is 11.2. The Hall–Kier alpha value is -3.58. The minimum Gasteiger partial charge on any atom is -0.462 e. The van der Waals surface area contributed by atoms with Gasteiger partial charge in [-0.25, -0.2) is 9.59 Å². The maximum Gasteiger partial charge on any atom is 0.338 e. The molecule has 0 saturated heterocycles. The Morgan fingerprint density at radius 3 is 2.31 bits per heavy atom. The molecule has 3 rings (SSSR count). The molecule has 7 nitrogen and oxygen atoms in total. The number of nitrogen functional groups attached to an aromatic ring is 2. The average Bonchev–Trinajstić information content (AvgIpc) is 2.98. The molecule has 0 aliphatic heterocycles. The summed E-state index contributed by atoms with van der Waals surface area (Å²) in [6.45, 7) is 6.92. The van der Waals surface area contributed by atoms with Crippen LogP contribution in [0, 0.1) is 0 Å². The Labute approximate surface area is 251 Å². The molecule has 7 heteroatoms. The molecule has 1 fully saturated rings. The highest BCUT2D eigenvalue weighted by molar-refractivity contribution is 5.90. The molecular formula is C35H48N2O5. The summed E-state index contributed by atoms with van der Waals surface area (Å²) in [4.78, 5) is 25.1. The van der Waals surface area contributed by atoms with Gasteiger partial charge in [-0.15, -0.1) is 6.58 Å². The summed E-state index contributed by atoms with van der Waals surface area (Å²) in [6.07, 6.45) is 16.1. The predicted octanol–water partition coefficient (Wildman–Crippen LogP) is 7.61. The van der Waals surface area contributed by atoms with Gasteiger partial charge in [-0.3, -0.25) is 0 Å². The van der Waals surface area contributed by atoms with E-state index in [-0.39, 0.29) is 30.7 Å². The monoisotopic (exact) mass is 576 g/mol. The molecule has 1 aliphatic carbocycles. The molecule has 1 saturated carbocycles. The number of carbonyl (C=O) groups is 2. The summed E-state index contributed by atoms with van der Waals surface area (Å²) >= 11 is 0. The third kappa shape index (κ3) is 11.7. The van der Waals surface area contributed by atoms with Gasteiger partial charge >= 0.3 is 11.9 Å². The van der Waals surface area contributed by atoms with Crippen LogP contribution < -0.4 is 11.5 Å². The molecule has 0 bridgehead atoms. The molecule has 0 heterocycles. The standard InChI is InChI=1S/C35H48N2O5/c1-3-5-7-8-9-21-40-32-16-18-33(19-17-32)42-35(39)27-14-11-26(12-15-27)13-20-34(38)41-25-28(10-6-4-2)29-22-30(36)24-31(37)23-29/h3,11-15,20,22-24,28,32-33H,1,4-10,16-19,21,25,36-37H2,2H3/b20-13+. The van der Waals surface area contributed by atoms with E-state index in [1.165, 1.54) is 18.9 Å². The van der Waals surface area contributed by atoms with Gasteiger partial charge in [-0.2, -0.15) is 0 Å². The number of ether oxygens (including phenoxy) is 3. The van der Waals surface area contributed by atoms with Crippen LogP contribution in [-0.4, -0.2) is 37.4 Å². The number of hydrogen-bond acceptors (Lipinski definition) is 7. The van der Waals surface area contributed by atoms with Gasteiger partial charge in [0, 0.05) is 30.0 Å². The van der Waals surface area contributed by atoms with Crippen molar-refractivity contribution in [2.45, 2.75) is 95.7 Å². The van der Waals surface area contributed by atoms with E-state index in [4.69, 9.17) is 25.7 Å². The molecule has 42 heavy (non-hydrogen) atoms. The number of allylic oxidation sites excluding steroid dienone is 1. The van der Waals surface area contributed by atoms with Crippen molar-refractivity contribution in [3.8, 4) is 0 Å². The number of anilines is 2. The van der Waals surface area contributed by atoms with Crippen molar-refractivity contribution in [1.29, 1.82) is 0 Å². The number of esters is 2. The van der Waals surface area contributed by atoms with Crippen LogP contribution >= 0.6 is 0 Å². The highest BCUT2D eigenvalue weighted by Gasteiger charge is 2.24. The fourth-order valence-corrected chi connectivity index (χ4v) is 5.21. The quantitative estimate of drug-likeness (QED) is 0.0655. The number of hydrogen-bond donors (Lipinski definition) is 2. The lowest BCUT2D eigenvalue weighted by Gasteiger charge is -2.28. The molecule has 0 radical (unpaired) electrons. The maximum absolute atomic E-state index is 12.7. The molecule has 1 unspecified atom stereocenters. The topological polar surface area (TPSA) is 114 Å². The number of rotatable bonds is 17. The number of unbranched alkanes of at least 4 members (excludes halogenated alkanes) is 4. The summed E-state index contributed by atoms with van der Waals surface area (Å²) in [5, 5.41) is 0. The van der Waals surface area contributed by atoms with Crippen LogP contribution in [0.25, 0.3) is 6.08 Å². The van der Waals surface area contributed by atoms with Crippen molar-refractivity contribution in [2.75, 3.05) is 24.7 Å². The third-order valence-electron chi connectivity index (χ3n) is 7.66. The van der Waals surface area contributed by atoms with Crippen molar-refractivity contribution in [2.24, 2.45) is 0 Å². The van der Waals surface area contributed by atoms with E-state index in [0.29, 0.717) is 16.9 Å². The van der Waals surface area contributed by atoms with Crippen LogP contribution in [0.3, 0.4) is 0 Å². The first-order chi connectivity index (χ1) is 20.4. The van der Waals surface area contributed by atoms with Gasteiger partial charge in [0.25, 0.3) is 0 Å². The summed E-state index contributed by atoms with van der Waals surface area (Å²) in [7, 11) is 0. The Morgan fingerprint density at radius 2 is 1.64 bits per heavy atom. The highest BCUT2D eigenvalue weighted by Crippen LogP contribution is 2.27.